The van der Waals surface area contributed by atoms with Crippen LogP contribution in [-0.2, 0) is 4.84 Å². The van der Waals surface area contributed by atoms with Crippen molar-refractivity contribution in [1.82, 2.24) is 5.06 Å². The molecule has 0 bridgehead atoms. The van der Waals surface area contributed by atoms with Gasteiger partial charge < -0.3 is 0 Å². The first-order valence-corrected chi connectivity index (χ1v) is 6.27. The molecule has 1 rings (SSSR count). The largest absolute Gasteiger partial charge is 0.292 e. The summed E-state index contributed by atoms with van der Waals surface area (Å²) in [7, 11) is 0. The zero-order chi connectivity index (χ0) is 11.7. The molecule has 0 aliphatic carbocycles. The van der Waals surface area contributed by atoms with Gasteiger partial charge in [-0.1, -0.05) is 6.08 Å². The molecule has 86 valence electrons. The van der Waals surface area contributed by atoms with Crippen molar-refractivity contribution >= 4 is 16.8 Å². The second-order valence-electron chi connectivity index (χ2n) is 4.55. The lowest BCUT2D eigenvalue weighted by Gasteiger charge is -2.37. The first-order valence-electron chi connectivity index (χ1n) is 5.04. The van der Waals surface area contributed by atoms with Crippen molar-refractivity contribution in [2.75, 3.05) is 12.9 Å². The van der Waals surface area contributed by atoms with Crippen molar-refractivity contribution in [3.8, 4) is 0 Å². The summed E-state index contributed by atoms with van der Waals surface area (Å²) < 4.78 is 0. The Balaban J connectivity index is 2.92. The van der Waals surface area contributed by atoms with Gasteiger partial charge in [-0.15, -0.1) is 23.4 Å². The lowest BCUT2D eigenvalue weighted by Crippen LogP contribution is -2.51. The van der Waals surface area contributed by atoms with Gasteiger partial charge in [-0.25, -0.2) is 0 Å². The first-order chi connectivity index (χ1) is 6.86. The van der Waals surface area contributed by atoms with E-state index in [2.05, 4.69) is 39.3 Å². The molecule has 0 saturated heterocycles. The Bertz CT molecular complexity index is 284. The van der Waals surface area contributed by atoms with Crippen molar-refractivity contribution in [2.24, 2.45) is 4.99 Å². The summed E-state index contributed by atoms with van der Waals surface area (Å²) in [4.78, 5) is 10.4. The van der Waals surface area contributed by atoms with Gasteiger partial charge >= 0.3 is 0 Å². The van der Waals surface area contributed by atoms with Crippen molar-refractivity contribution in [1.29, 1.82) is 0 Å². The van der Waals surface area contributed by atoms with Crippen LogP contribution in [0.4, 0.5) is 0 Å². The fourth-order valence-electron chi connectivity index (χ4n) is 1.94. The van der Waals surface area contributed by atoms with Crippen LogP contribution in [0.15, 0.2) is 17.6 Å². The third kappa shape index (κ3) is 2.27. The minimum atomic E-state index is -0.301. The maximum atomic E-state index is 5.70. The van der Waals surface area contributed by atoms with E-state index in [1.165, 1.54) is 0 Å². The molecule has 0 radical (unpaired) electrons. The van der Waals surface area contributed by atoms with E-state index in [0.29, 0.717) is 6.61 Å². The number of aliphatic imine (C=N–C) groups is 1. The molecule has 0 amide bonds. The molecular weight excluding hydrogens is 208 g/mol. The van der Waals surface area contributed by atoms with E-state index in [1.807, 2.05) is 11.3 Å². The van der Waals surface area contributed by atoms with Gasteiger partial charge in [0.15, 0.2) is 0 Å². The van der Waals surface area contributed by atoms with Gasteiger partial charge in [-0.3, -0.25) is 9.83 Å². The summed E-state index contributed by atoms with van der Waals surface area (Å²) in [5.41, 5.74) is -0.462. The van der Waals surface area contributed by atoms with Crippen LogP contribution in [-0.4, -0.2) is 34.2 Å². The number of hydrogen-bond donors (Lipinski definition) is 0. The van der Waals surface area contributed by atoms with E-state index < -0.39 is 0 Å². The number of thioether (sulfide) groups is 1. The number of hydroxylamine groups is 2. The normalized spacial score (nSPS) is 23.9. The van der Waals surface area contributed by atoms with Crippen molar-refractivity contribution < 1.29 is 4.84 Å². The van der Waals surface area contributed by atoms with Crippen molar-refractivity contribution in [3.05, 3.63) is 12.7 Å². The van der Waals surface area contributed by atoms with Gasteiger partial charge in [0.1, 0.15) is 5.66 Å². The molecule has 15 heavy (non-hydrogen) atoms. The fourth-order valence-corrected chi connectivity index (χ4v) is 2.84. The lowest BCUT2D eigenvalue weighted by atomic mass is 10.1. The Labute approximate surface area is 96.5 Å². The third-order valence-corrected chi connectivity index (χ3v) is 3.40. The molecule has 0 atom stereocenters. The molecule has 0 unspecified atom stereocenters. The molecule has 0 N–H and O–H groups in total. The molecule has 4 heteroatoms. The standard InChI is InChI=1S/C11H20N2OS/c1-7-8-14-13-10(2,3)9(15-6)12-11(13,4)5/h7H,1,8H2,2-6H3. The Hall–Kier alpha value is -0.320. The second-order valence-corrected chi connectivity index (χ2v) is 5.35. The minimum Gasteiger partial charge on any atom is -0.292 e. The van der Waals surface area contributed by atoms with E-state index >= 15 is 0 Å². The van der Waals surface area contributed by atoms with E-state index in [4.69, 9.17) is 4.84 Å². The average Bonchev–Trinajstić information content (AvgIpc) is 2.30. The van der Waals surface area contributed by atoms with Gasteiger partial charge in [0, 0.05) is 0 Å². The Kier molecular flexibility index (Phi) is 3.63. The maximum absolute atomic E-state index is 5.70. The van der Waals surface area contributed by atoms with Crippen molar-refractivity contribution in [3.63, 3.8) is 0 Å². The number of hydrogen-bond acceptors (Lipinski definition) is 4. The topological polar surface area (TPSA) is 24.8 Å². The molecule has 0 aromatic rings. The summed E-state index contributed by atoms with van der Waals surface area (Å²) in [6, 6.07) is 0. The highest BCUT2D eigenvalue weighted by Crippen LogP contribution is 2.38. The molecule has 1 aliphatic heterocycles. The highest BCUT2D eigenvalue weighted by molar-refractivity contribution is 8.13. The second kappa shape index (κ2) is 4.28. The highest BCUT2D eigenvalue weighted by atomic mass is 32.2. The zero-order valence-corrected chi connectivity index (χ0v) is 11.0. The van der Waals surface area contributed by atoms with Crippen LogP contribution in [0.1, 0.15) is 27.7 Å². The molecule has 0 aromatic carbocycles. The summed E-state index contributed by atoms with van der Waals surface area (Å²) in [6.45, 7) is 12.5. The lowest BCUT2D eigenvalue weighted by molar-refractivity contribution is -0.228. The monoisotopic (exact) mass is 228 g/mol. The molecule has 1 aliphatic rings. The summed E-state index contributed by atoms with van der Waals surface area (Å²) in [5.74, 6) is 0. The zero-order valence-electron chi connectivity index (χ0n) is 10.2. The van der Waals surface area contributed by atoms with Gasteiger partial charge in [0.25, 0.3) is 0 Å². The van der Waals surface area contributed by atoms with Crippen LogP contribution < -0.4 is 0 Å². The summed E-state index contributed by atoms with van der Waals surface area (Å²) >= 11 is 1.68. The minimum absolute atomic E-state index is 0.161. The van der Waals surface area contributed by atoms with Gasteiger partial charge in [0.05, 0.1) is 17.2 Å². The van der Waals surface area contributed by atoms with Crippen molar-refractivity contribution in [2.45, 2.75) is 38.9 Å². The molecule has 0 fully saturated rings. The van der Waals surface area contributed by atoms with Gasteiger partial charge in [0.2, 0.25) is 0 Å². The average molecular weight is 228 g/mol. The molecule has 1 heterocycles. The van der Waals surface area contributed by atoms with Gasteiger partial charge in [-0.05, 0) is 34.0 Å². The van der Waals surface area contributed by atoms with Crippen LogP contribution in [0.25, 0.3) is 0 Å². The van der Waals surface area contributed by atoms with Crippen LogP contribution in [0.3, 0.4) is 0 Å². The molecular formula is C11H20N2OS. The predicted molar refractivity (Wildman–Crippen MR) is 67.1 cm³/mol. The van der Waals surface area contributed by atoms with E-state index in [9.17, 15) is 0 Å². The predicted octanol–water partition coefficient (Wildman–Crippen LogP) is 2.70. The Morgan fingerprint density at radius 1 is 1.47 bits per heavy atom. The van der Waals surface area contributed by atoms with Gasteiger partial charge in [-0.2, -0.15) is 0 Å². The molecule has 0 saturated carbocycles. The highest BCUT2D eigenvalue weighted by Gasteiger charge is 2.48. The summed E-state index contributed by atoms with van der Waals surface area (Å²) in [5, 5.41) is 3.06. The maximum Gasteiger partial charge on any atom is 0.132 e. The Morgan fingerprint density at radius 2 is 2.07 bits per heavy atom. The van der Waals surface area contributed by atoms with E-state index in [1.54, 1.807) is 17.8 Å². The van der Waals surface area contributed by atoms with Crippen LogP contribution >= 0.6 is 11.8 Å². The Morgan fingerprint density at radius 3 is 2.47 bits per heavy atom. The quantitative estimate of drug-likeness (QED) is 0.694. The summed E-state index contributed by atoms with van der Waals surface area (Å²) in [6.07, 6.45) is 3.80. The SMILES string of the molecule is C=CCON1C(C)(C)N=C(SC)C1(C)C. The van der Waals surface area contributed by atoms with E-state index in [0.717, 1.165) is 5.04 Å². The third-order valence-electron chi connectivity index (χ3n) is 2.42. The van der Waals surface area contributed by atoms with Crippen LogP contribution in [0, 0.1) is 0 Å². The molecule has 3 nitrogen and oxygen atoms in total. The number of rotatable bonds is 3. The van der Waals surface area contributed by atoms with Crippen LogP contribution in [0.2, 0.25) is 0 Å². The molecule has 0 aromatic heterocycles. The smallest absolute Gasteiger partial charge is 0.132 e. The molecule has 0 spiro atoms. The number of nitrogens with zero attached hydrogens (tertiary/aromatic N) is 2. The van der Waals surface area contributed by atoms with Crippen LogP contribution in [0.5, 0.6) is 0 Å². The fraction of sp³-hybridized carbons (Fsp3) is 0.727. The van der Waals surface area contributed by atoms with E-state index in [-0.39, 0.29) is 11.2 Å². The first kappa shape index (κ1) is 12.7.